The van der Waals surface area contributed by atoms with E-state index in [0.29, 0.717) is 5.54 Å². The van der Waals surface area contributed by atoms with Gasteiger partial charge in [0.2, 0.25) is 0 Å². The van der Waals surface area contributed by atoms with Gasteiger partial charge in [0.1, 0.15) is 0 Å². The van der Waals surface area contributed by atoms with Gasteiger partial charge in [0.05, 0.1) is 0 Å². The first kappa shape index (κ1) is 13.8. The zero-order chi connectivity index (χ0) is 13.3. The van der Waals surface area contributed by atoms with Gasteiger partial charge in [0.15, 0.2) is 0 Å². The average molecular weight is 265 g/mol. The van der Waals surface area contributed by atoms with E-state index in [1.165, 1.54) is 71.1 Å². The summed E-state index contributed by atoms with van der Waals surface area (Å²) >= 11 is 0. The number of hydrogen-bond acceptors (Lipinski definition) is 3. The van der Waals surface area contributed by atoms with Crippen molar-refractivity contribution in [2.75, 3.05) is 32.7 Å². The van der Waals surface area contributed by atoms with Gasteiger partial charge in [-0.1, -0.05) is 13.3 Å². The first-order chi connectivity index (χ1) is 9.23. The number of likely N-dealkylation sites (tertiary alicyclic amines) is 2. The maximum atomic E-state index is 6.18. The molecule has 3 nitrogen and oxygen atoms in total. The molecule has 0 aromatic carbocycles. The van der Waals surface area contributed by atoms with Crippen LogP contribution in [0.5, 0.6) is 0 Å². The van der Waals surface area contributed by atoms with E-state index in [2.05, 4.69) is 16.7 Å². The highest BCUT2D eigenvalue weighted by atomic mass is 15.3. The monoisotopic (exact) mass is 265 g/mol. The third kappa shape index (κ3) is 2.70. The fraction of sp³-hybridized carbons (Fsp3) is 1.00. The standard InChI is InChI=1S/C16H31N3/c1-14-5-7-16(11-14,13-17)19-10-6-15(12-19)18-8-3-2-4-9-18/h14-15H,2-13,17H2,1H3. The van der Waals surface area contributed by atoms with Crippen molar-refractivity contribution in [2.45, 2.75) is 63.5 Å². The van der Waals surface area contributed by atoms with Crippen LogP contribution in [0.3, 0.4) is 0 Å². The fourth-order valence-electron chi connectivity index (χ4n) is 4.72. The second-order valence-electron chi connectivity index (χ2n) is 7.26. The molecule has 2 heterocycles. The SMILES string of the molecule is CC1CCC(CN)(N2CCC(N3CCCCC3)C2)C1. The average Bonchev–Trinajstić information content (AvgIpc) is 3.07. The summed E-state index contributed by atoms with van der Waals surface area (Å²) in [6, 6.07) is 0.819. The highest BCUT2D eigenvalue weighted by Crippen LogP contribution is 2.40. The Balaban J connectivity index is 1.61. The quantitative estimate of drug-likeness (QED) is 0.848. The van der Waals surface area contributed by atoms with Gasteiger partial charge in [-0.2, -0.15) is 0 Å². The molecular formula is C16H31N3. The molecule has 19 heavy (non-hydrogen) atoms. The van der Waals surface area contributed by atoms with Gasteiger partial charge in [0, 0.05) is 31.2 Å². The van der Waals surface area contributed by atoms with E-state index in [-0.39, 0.29) is 0 Å². The molecule has 0 radical (unpaired) electrons. The highest BCUT2D eigenvalue weighted by molar-refractivity contribution is 5.02. The van der Waals surface area contributed by atoms with Crippen LogP contribution < -0.4 is 5.73 Å². The molecule has 3 rings (SSSR count). The Labute approximate surface area is 118 Å². The molecule has 0 aromatic rings. The van der Waals surface area contributed by atoms with Crippen molar-refractivity contribution in [3.63, 3.8) is 0 Å². The number of nitrogens with zero attached hydrogens (tertiary/aromatic N) is 2. The molecule has 1 aliphatic carbocycles. The van der Waals surface area contributed by atoms with Crippen LogP contribution >= 0.6 is 0 Å². The van der Waals surface area contributed by atoms with Gasteiger partial charge in [-0.3, -0.25) is 9.80 Å². The minimum atomic E-state index is 0.351. The molecule has 3 heteroatoms. The van der Waals surface area contributed by atoms with Crippen LogP contribution in [-0.4, -0.2) is 54.1 Å². The van der Waals surface area contributed by atoms with Crippen LogP contribution in [-0.2, 0) is 0 Å². The molecule has 2 aliphatic heterocycles. The summed E-state index contributed by atoms with van der Waals surface area (Å²) in [5, 5.41) is 0. The van der Waals surface area contributed by atoms with Crippen molar-refractivity contribution in [3.05, 3.63) is 0 Å². The Bertz CT molecular complexity index is 300. The van der Waals surface area contributed by atoms with Crippen LogP contribution in [0.4, 0.5) is 0 Å². The predicted octanol–water partition coefficient (Wildman–Crippen LogP) is 2.06. The molecule has 0 aromatic heterocycles. The number of nitrogens with two attached hydrogens (primary N) is 1. The first-order valence-electron chi connectivity index (χ1n) is 8.43. The Hall–Kier alpha value is -0.120. The summed E-state index contributed by atoms with van der Waals surface area (Å²) in [7, 11) is 0. The van der Waals surface area contributed by atoms with Crippen molar-refractivity contribution in [3.8, 4) is 0 Å². The van der Waals surface area contributed by atoms with Gasteiger partial charge in [-0.25, -0.2) is 0 Å². The topological polar surface area (TPSA) is 32.5 Å². The summed E-state index contributed by atoms with van der Waals surface area (Å²) in [5.74, 6) is 0.873. The second-order valence-corrected chi connectivity index (χ2v) is 7.26. The summed E-state index contributed by atoms with van der Waals surface area (Å²) in [6.45, 7) is 8.50. The lowest BCUT2D eigenvalue weighted by Gasteiger charge is -2.39. The van der Waals surface area contributed by atoms with Crippen molar-refractivity contribution in [1.82, 2.24) is 9.80 Å². The summed E-state index contributed by atoms with van der Waals surface area (Å²) in [6.07, 6.45) is 9.67. The molecule has 3 atom stereocenters. The van der Waals surface area contributed by atoms with Crippen LogP contribution in [0, 0.1) is 5.92 Å². The van der Waals surface area contributed by atoms with Gasteiger partial charge in [-0.15, -0.1) is 0 Å². The molecule has 3 aliphatic rings. The highest BCUT2D eigenvalue weighted by Gasteiger charge is 2.44. The number of hydrogen-bond donors (Lipinski definition) is 1. The Morgan fingerprint density at radius 3 is 2.53 bits per heavy atom. The minimum absolute atomic E-state index is 0.351. The normalized spacial score (nSPS) is 42.0. The van der Waals surface area contributed by atoms with Crippen molar-refractivity contribution < 1.29 is 0 Å². The molecule has 3 unspecified atom stereocenters. The zero-order valence-electron chi connectivity index (χ0n) is 12.6. The van der Waals surface area contributed by atoms with Gasteiger partial charge in [0.25, 0.3) is 0 Å². The lowest BCUT2D eigenvalue weighted by Crippen LogP contribution is -2.52. The molecule has 1 saturated carbocycles. The smallest absolute Gasteiger partial charge is 0.0335 e. The molecule has 2 saturated heterocycles. The van der Waals surface area contributed by atoms with E-state index < -0.39 is 0 Å². The van der Waals surface area contributed by atoms with Crippen LogP contribution in [0.15, 0.2) is 0 Å². The predicted molar refractivity (Wildman–Crippen MR) is 80.2 cm³/mol. The fourth-order valence-corrected chi connectivity index (χ4v) is 4.72. The van der Waals surface area contributed by atoms with E-state index in [4.69, 9.17) is 5.73 Å². The van der Waals surface area contributed by atoms with E-state index in [0.717, 1.165) is 18.5 Å². The second kappa shape index (κ2) is 5.71. The molecule has 0 amide bonds. The molecule has 3 fully saturated rings. The molecule has 2 N–H and O–H groups in total. The maximum absolute atomic E-state index is 6.18. The van der Waals surface area contributed by atoms with Crippen molar-refractivity contribution in [1.29, 1.82) is 0 Å². The Kier molecular flexibility index (Phi) is 4.16. The van der Waals surface area contributed by atoms with E-state index in [9.17, 15) is 0 Å². The first-order valence-corrected chi connectivity index (χ1v) is 8.43. The lowest BCUT2D eigenvalue weighted by atomic mass is 9.94. The summed E-state index contributed by atoms with van der Waals surface area (Å²) in [4.78, 5) is 5.52. The van der Waals surface area contributed by atoms with E-state index >= 15 is 0 Å². The Morgan fingerprint density at radius 1 is 1.11 bits per heavy atom. The molecule has 0 spiro atoms. The van der Waals surface area contributed by atoms with Crippen LogP contribution in [0.1, 0.15) is 51.9 Å². The third-order valence-corrected chi connectivity index (χ3v) is 5.95. The number of rotatable bonds is 3. The largest absolute Gasteiger partial charge is 0.329 e. The molecule has 0 bridgehead atoms. The van der Waals surface area contributed by atoms with E-state index in [1.807, 2.05) is 0 Å². The van der Waals surface area contributed by atoms with E-state index in [1.54, 1.807) is 0 Å². The van der Waals surface area contributed by atoms with Crippen LogP contribution in [0.25, 0.3) is 0 Å². The molecule has 110 valence electrons. The molecular weight excluding hydrogens is 234 g/mol. The lowest BCUT2D eigenvalue weighted by molar-refractivity contribution is 0.102. The summed E-state index contributed by atoms with van der Waals surface area (Å²) in [5.41, 5.74) is 6.53. The zero-order valence-corrected chi connectivity index (χ0v) is 12.6. The van der Waals surface area contributed by atoms with Crippen LogP contribution in [0.2, 0.25) is 0 Å². The van der Waals surface area contributed by atoms with Crippen molar-refractivity contribution >= 4 is 0 Å². The van der Waals surface area contributed by atoms with Gasteiger partial charge >= 0.3 is 0 Å². The van der Waals surface area contributed by atoms with Crippen molar-refractivity contribution in [2.24, 2.45) is 11.7 Å². The number of piperidine rings is 1. The van der Waals surface area contributed by atoms with Gasteiger partial charge in [-0.05, 0) is 57.5 Å². The summed E-state index contributed by atoms with van der Waals surface area (Å²) < 4.78 is 0. The maximum Gasteiger partial charge on any atom is 0.0335 e. The van der Waals surface area contributed by atoms with Gasteiger partial charge < -0.3 is 5.73 Å². The minimum Gasteiger partial charge on any atom is -0.329 e. The Morgan fingerprint density at radius 2 is 1.89 bits per heavy atom. The third-order valence-electron chi connectivity index (χ3n) is 5.95.